The van der Waals surface area contributed by atoms with E-state index < -0.39 is 0 Å². The van der Waals surface area contributed by atoms with Gasteiger partial charge in [-0.3, -0.25) is 24.3 Å². The van der Waals surface area contributed by atoms with Crippen molar-refractivity contribution in [1.29, 1.82) is 0 Å². The molecular weight excluding hydrogens is 456 g/mol. The number of carbonyl (C=O) groups excluding carboxylic acids is 2. The van der Waals surface area contributed by atoms with E-state index in [1.807, 2.05) is 65.6 Å². The van der Waals surface area contributed by atoms with Crippen LogP contribution in [0.1, 0.15) is 24.0 Å². The zero-order valence-electron chi connectivity index (χ0n) is 19.7. The first-order valence-electron chi connectivity index (χ1n) is 11.9. The van der Waals surface area contributed by atoms with E-state index in [1.165, 1.54) is 4.57 Å². The predicted octanol–water partition coefficient (Wildman–Crippen LogP) is 3.74. The van der Waals surface area contributed by atoms with Crippen molar-refractivity contribution in [2.24, 2.45) is 0 Å². The molecule has 5 rings (SSSR count). The lowest BCUT2D eigenvalue weighted by atomic mass is 10.1. The number of nitrogens with zero attached hydrogens (tertiary/aromatic N) is 3. The van der Waals surface area contributed by atoms with Gasteiger partial charge in [0, 0.05) is 19.5 Å². The van der Waals surface area contributed by atoms with Gasteiger partial charge in [0.2, 0.25) is 17.8 Å². The standard InChI is InChI=1S/C28H26N4O4/c33-25-19-32-27(35)23-16-22(13-14-24(23)29-28(32)30-25)36-15-7-12-26(34)31(17-20-8-3-1-4-9-20)18-21-10-5-2-6-11-21/h1-6,8-11,13-14,16H,7,12,15,17-19H2,(H,29,30,33). The third kappa shape index (κ3) is 5.27. The van der Waals surface area contributed by atoms with Gasteiger partial charge in [0.25, 0.3) is 5.56 Å². The number of ether oxygens (including phenoxy) is 1. The molecule has 0 atom stereocenters. The Balaban J connectivity index is 1.21. The Kier molecular flexibility index (Phi) is 6.75. The summed E-state index contributed by atoms with van der Waals surface area (Å²) in [6, 6.07) is 25.0. The van der Waals surface area contributed by atoms with E-state index in [0.717, 1.165) is 11.1 Å². The Labute approximate surface area is 208 Å². The molecule has 36 heavy (non-hydrogen) atoms. The van der Waals surface area contributed by atoms with Crippen LogP contribution in [0.5, 0.6) is 5.75 Å². The van der Waals surface area contributed by atoms with Crippen LogP contribution in [0.4, 0.5) is 5.95 Å². The van der Waals surface area contributed by atoms with Crippen molar-refractivity contribution in [1.82, 2.24) is 14.5 Å². The topological polar surface area (TPSA) is 93.5 Å². The van der Waals surface area contributed by atoms with Crippen LogP contribution in [0.2, 0.25) is 0 Å². The molecule has 0 aliphatic carbocycles. The highest BCUT2D eigenvalue weighted by Gasteiger charge is 2.21. The van der Waals surface area contributed by atoms with E-state index >= 15 is 0 Å². The lowest BCUT2D eigenvalue weighted by molar-refractivity contribution is -0.132. The van der Waals surface area contributed by atoms with E-state index in [2.05, 4.69) is 10.3 Å². The zero-order chi connectivity index (χ0) is 24.9. The molecule has 0 saturated carbocycles. The van der Waals surface area contributed by atoms with E-state index in [4.69, 9.17) is 4.74 Å². The van der Waals surface area contributed by atoms with Crippen LogP contribution in [0.15, 0.2) is 83.7 Å². The van der Waals surface area contributed by atoms with Gasteiger partial charge in [-0.1, -0.05) is 60.7 Å². The number of aromatic nitrogens is 2. The molecule has 8 heteroatoms. The molecule has 182 valence electrons. The summed E-state index contributed by atoms with van der Waals surface area (Å²) in [4.78, 5) is 43.7. The molecule has 0 saturated heterocycles. The van der Waals surface area contributed by atoms with Crippen LogP contribution in [0.3, 0.4) is 0 Å². The number of fused-ring (bicyclic) bond motifs is 2. The highest BCUT2D eigenvalue weighted by molar-refractivity contribution is 5.94. The Morgan fingerprint density at radius 1 is 0.944 bits per heavy atom. The Bertz CT molecular complexity index is 1410. The number of benzene rings is 3. The second-order valence-corrected chi connectivity index (χ2v) is 8.73. The highest BCUT2D eigenvalue weighted by atomic mass is 16.5. The maximum absolute atomic E-state index is 13.1. The molecule has 8 nitrogen and oxygen atoms in total. The van der Waals surface area contributed by atoms with Crippen LogP contribution < -0.4 is 15.6 Å². The molecule has 2 amide bonds. The van der Waals surface area contributed by atoms with Gasteiger partial charge in [0.05, 0.1) is 17.5 Å². The number of hydrogen-bond donors (Lipinski definition) is 1. The van der Waals surface area contributed by atoms with E-state index in [1.54, 1.807) is 18.2 Å². The highest BCUT2D eigenvalue weighted by Crippen LogP contribution is 2.21. The van der Waals surface area contributed by atoms with E-state index in [-0.39, 0.29) is 29.9 Å². The van der Waals surface area contributed by atoms with Gasteiger partial charge in [-0.15, -0.1) is 0 Å². The monoisotopic (exact) mass is 482 g/mol. The molecule has 0 bridgehead atoms. The molecule has 0 unspecified atom stereocenters. The quantitative estimate of drug-likeness (QED) is 0.367. The number of amides is 2. The second kappa shape index (κ2) is 10.4. The smallest absolute Gasteiger partial charge is 0.263 e. The van der Waals surface area contributed by atoms with Crippen LogP contribution in [0, 0.1) is 0 Å². The van der Waals surface area contributed by atoms with Crippen LogP contribution in [0.25, 0.3) is 10.9 Å². The molecule has 0 radical (unpaired) electrons. The lowest BCUT2D eigenvalue weighted by Gasteiger charge is -2.23. The summed E-state index contributed by atoms with van der Waals surface area (Å²) in [6.45, 7) is 1.38. The summed E-state index contributed by atoms with van der Waals surface area (Å²) in [6.07, 6.45) is 0.884. The summed E-state index contributed by atoms with van der Waals surface area (Å²) >= 11 is 0. The number of rotatable bonds is 9. The second-order valence-electron chi connectivity index (χ2n) is 8.73. The number of anilines is 1. The molecular formula is C28H26N4O4. The largest absolute Gasteiger partial charge is 0.494 e. The average Bonchev–Trinajstić information content (AvgIpc) is 3.28. The molecule has 2 heterocycles. The van der Waals surface area contributed by atoms with Crippen LogP contribution >= 0.6 is 0 Å². The van der Waals surface area contributed by atoms with Gasteiger partial charge in [-0.05, 0) is 35.7 Å². The predicted molar refractivity (Wildman–Crippen MR) is 136 cm³/mol. The lowest BCUT2D eigenvalue weighted by Crippen LogP contribution is -2.30. The first-order chi connectivity index (χ1) is 17.6. The van der Waals surface area contributed by atoms with E-state index in [9.17, 15) is 14.4 Å². The van der Waals surface area contributed by atoms with Crippen molar-refractivity contribution in [3.05, 3.63) is 100 Å². The summed E-state index contributed by atoms with van der Waals surface area (Å²) in [5, 5.41) is 2.97. The van der Waals surface area contributed by atoms with Crippen molar-refractivity contribution >= 4 is 28.7 Å². The Morgan fingerprint density at radius 2 is 1.61 bits per heavy atom. The SMILES string of the molecule is O=C1Cn2c(nc3ccc(OCCCC(=O)N(Cc4ccccc4)Cc4ccccc4)cc3c2=O)N1. The normalized spacial score (nSPS) is 12.3. The van der Waals surface area contributed by atoms with Crippen LogP contribution in [-0.2, 0) is 29.2 Å². The molecule has 0 spiro atoms. The first-order valence-corrected chi connectivity index (χ1v) is 11.9. The number of nitrogens with one attached hydrogen (secondary N) is 1. The summed E-state index contributed by atoms with van der Waals surface area (Å²) < 4.78 is 7.17. The molecule has 1 aliphatic heterocycles. The number of hydrogen-bond acceptors (Lipinski definition) is 5. The molecule has 1 aromatic heterocycles. The summed E-state index contributed by atoms with van der Waals surface area (Å²) in [5.74, 6) is 0.585. The summed E-state index contributed by atoms with van der Waals surface area (Å²) in [5.41, 5.74) is 2.37. The fourth-order valence-corrected chi connectivity index (χ4v) is 4.25. The minimum absolute atomic E-state index is 0.0350. The molecule has 4 aromatic rings. The van der Waals surface area contributed by atoms with Gasteiger partial charge in [0.15, 0.2) is 0 Å². The molecule has 3 aromatic carbocycles. The fraction of sp³-hybridized carbons (Fsp3) is 0.214. The van der Waals surface area contributed by atoms with E-state index in [0.29, 0.717) is 49.2 Å². The van der Waals surface area contributed by atoms with Crippen molar-refractivity contribution < 1.29 is 14.3 Å². The summed E-state index contributed by atoms with van der Waals surface area (Å²) in [7, 11) is 0. The van der Waals surface area contributed by atoms with Crippen molar-refractivity contribution in [3.63, 3.8) is 0 Å². The van der Waals surface area contributed by atoms with Gasteiger partial charge in [0.1, 0.15) is 12.3 Å². The minimum atomic E-state index is -0.286. The third-order valence-electron chi connectivity index (χ3n) is 6.07. The van der Waals surface area contributed by atoms with Gasteiger partial charge in [-0.25, -0.2) is 4.98 Å². The maximum atomic E-state index is 13.1. The zero-order valence-corrected chi connectivity index (χ0v) is 19.7. The Morgan fingerprint density at radius 3 is 2.28 bits per heavy atom. The van der Waals surface area contributed by atoms with Gasteiger partial charge in [-0.2, -0.15) is 0 Å². The third-order valence-corrected chi connectivity index (χ3v) is 6.07. The van der Waals surface area contributed by atoms with Crippen LogP contribution in [-0.4, -0.2) is 32.9 Å². The van der Waals surface area contributed by atoms with Gasteiger partial charge >= 0.3 is 0 Å². The fourth-order valence-electron chi connectivity index (χ4n) is 4.25. The molecule has 1 N–H and O–H groups in total. The maximum Gasteiger partial charge on any atom is 0.263 e. The first kappa shape index (κ1) is 23.3. The van der Waals surface area contributed by atoms with Crippen molar-refractivity contribution in [2.45, 2.75) is 32.5 Å². The van der Waals surface area contributed by atoms with Crippen molar-refractivity contribution in [3.8, 4) is 5.75 Å². The van der Waals surface area contributed by atoms with Crippen molar-refractivity contribution in [2.75, 3.05) is 11.9 Å². The Hall–Kier alpha value is -4.46. The molecule has 0 fully saturated rings. The minimum Gasteiger partial charge on any atom is -0.494 e. The molecule has 1 aliphatic rings. The van der Waals surface area contributed by atoms with Gasteiger partial charge < -0.3 is 9.64 Å². The number of carbonyl (C=O) groups is 2. The average molecular weight is 483 g/mol.